The summed E-state index contributed by atoms with van der Waals surface area (Å²) in [7, 11) is 0. The minimum atomic E-state index is 0.315. The molecule has 1 rings (SSSR count). The van der Waals surface area contributed by atoms with E-state index in [1.54, 1.807) is 0 Å². The summed E-state index contributed by atoms with van der Waals surface area (Å²) in [6, 6.07) is 0.315. The zero-order valence-corrected chi connectivity index (χ0v) is 8.58. The maximum Gasteiger partial charge on any atom is 0.0460 e. The number of rotatable bonds is 4. The molecule has 13 heavy (non-hydrogen) atoms. The van der Waals surface area contributed by atoms with Crippen LogP contribution in [0.25, 0.3) is 0 Å². The quantitative estimate of drug-likeness (QED) is 0.669. The molecule has 0 spiro atoms. The number of aliphatic hydroxyl groups is 1. The highest BCUT2D eigenvalue weighted by Crippen LogP contribution is 2.16. The van der Waals surface area contributed by atoms with Crippen LogP contribution in [0.15, 0.2) is 0 Å². The van der Waals surface area contributed by atoms with Crippen LogP contribution in [0.2, 0.25) is 0 Å². The summed E-state index contributed by atoms with van der Waals surface area (Å²) in [6.45, 7) is 5.81. The molecule has 0 aromatic heterocycles. The molecule has 0 aromatic rings. The van der Waals surface area contributed by atoms with Crippen molar-refractivity contribution in [1.29, 1.82) is 0 Å². The van der Waals surface area contributed by atoms with Crippen molar-refractivity contribution in [2.24, 2.45) is 11.7 Å². The van der Waals surface area contributed by atoms with Crippen LogP contribution in [0.1, 0.15) is 26.2 Å². The molecule has 0 saturated carbocycles. The summed E-state index contributed by atoms with van der Waals surface area (Å²) in [6.07, 6.45) is 3.38. The third-order valence-corrected chi connectivity index (χ3v) is 2.87. The van der Waals surface area contributed by atoms with Gasteiger partial charge < -0.3 is 15.7 Å². The second-order valence-corrected chi connectivity index (χ2v) is 4.23. The summed E-state index contributed by atoms with van der Waals surface area (Å²) in [4.78, 5) is 2.45. The maximum atomic E-state index is 8.96. The first-order valence-corrected chi connectivity index (χ1v) is 5.31. The Bertz CT molecular complexity index is 131. The van der Waals surface area contributed by atoms with Crippen LogP contribution in [-0.4, -0.2) is 42.3 Å². The molecule has 0 aliphatic carbocycles. The first kappa shape index (κ1) is 11.0. The van der Waals surface area contributed by atoms with E-state index >= 15 is 0 Å². The molecule has 1 aliphatic heterocycles. The molecule has 3 nitrogen and oxygen atoms in total. The molecule has 0 aromatic carbocycles. The number of hydrogen-bond acceptors (Lipinski definition) is 3. The molecule has 0 bridgehead atoms. The van der Waals surface area contributed by atoms with Crippen molar-refractivity contribution in [2.75, 3.05) is 26.2 Å². The Morgan fingerprint density at radius 2 is 2.08 bits per heavy atom. The summed E-state index contributed by atoms with van der Waals surface area (Å²) in [5.41, 5.74) is 5.70. The largest absolute Gasteiger partial charge is 0.396 e. The van der Waals surface area contributed by atoms with Gasteiger partial charge in [-0.25, -0.2) is 0 Å². The second-order valence-electron chi connectivity index (χ2n) is 4.23. The van der Waals surface area contributed by atoms with Crippen LogP contribution in [-0.2, 0) is 0 Å². The SMILES string of the molecule is CC(N)CCN1CCC(CO)CC1. The predicted molar refractivity (Wildman–Crippen MR) is 54.5 cm³/mol. The minimum absolute atomic E-state index is 0.315. The van der Waals surface area contributed by atoms with Crippen LogP contribution >= 0.6 is 0 Å². The third kappa shape index (κ3) is 4.07. The monoisotopic (exact) mass is 186 g/mol. The highest BCUT2D eigenvalue weighted by Gasteiger charge is 2.17. The molecule has 3 N–H and O–H groups in total. The second kappa shape index (κ2) is 5.58. The van der Waals surface area contributed by atoms with Gasteiger partial charge in [0.15, 0.2) is 0 Å². The van der Waals surface area contributed by atoms with E-state index < -0.39 is 0 Å². The fourth-order valence-corrected chi connectivity index (χ4v) is 1.78. The van der Waals surface area contributed by atoms with E-state index in [2.05, 4.69) is 11.8 Å². The van der Waals surface area contributed by atoms with E-state index in [1.807, 2.05) is 0 Å². The van der Waals surface area contributed by atoms with Gasteiger partial charge in [0.2, 0.25) is 0 Å². The molecular weight excluding hydrogens is 164 g/mol. The average molecular weight is 186 g/mol. The van der Waals surface area contributed by atoms with E-state index in [0.29, 0.717) is 18.6 Å². The lowest BCUT2D eigenvalue weighted by Crippen LogP contribution is -2.37. The average Bonchev–Trinajstić information content (AvgIpc) is 2.15. The normalized spacial score (nSPS) is 23.3. The van der Waals surface area contributed by atoms with Gasteiger partial charge >= 0.3 is 0 Å². The van der Waals surface area contributed by atoms with Gasteiger partial charge in [-0.1, -0.05) is 0 Å². The molecular formula is C10H22N2O. The summed E-state index contributed by atoms with van der Waals surface area (Å²) in [5, 5.41) is 8.96. The van der Waals surface area contributed by atoms with Crippen LogP contribution in [0.4, 0.5) is 0 Å². The fourth-order valence-electron chi connectivity index (χ4n) is 1.78. The van der Waals surface area contributed by atoms with Crippen LogP contribution < -0.4 is 5.73 Å². The van der Waals surface area contributed by atoms with Gasteiger partial charge in [-0.3, -0.25) is 0 Å². The Hall–Kier alpha value is -0.120. The zero-order valence-electron chi connectivity index (χ0n) is 8.58. The van der Waals surface area contributed by atoms with Gasteiger partial charge in [-0.2, -0.15) is 0 Å². The molecule has 1 fully saturated rings. The molecule has 1 saturated heterocycles. The lowest BCUT2D eigenvalue weighted by Gasteiger charge is -2.31. The fraction of sp³-hybridized carbons (Fsp3) is 1.00. The number of aliphatic hydroxyl groups excluding tert-OH is 1. The van der Waals surface area contributed by atoms with Crippen LogP contribution in [0.5, 0.6) is 0 Å². The van der Waals surface area contributed by atoms with Crippen LogP contribution in [0.3, 0.4) is 0 Å². The highest BCUT2D eigenvalue weighted by atomic mass is 16.3. The van der Waals surface area contributed by atoms with E-state index in [4.69, 9.17) is 10.8 Å². The van der Waals surface area contributed by atoms with Crippen molar-refractivity contribution in [3.05, 3.63) is 0 Å². The van der Waals surface area contributed by atoms with E-state index in [0.717, 1.165) is 38.9 Å². The summed E-state index contributed by atoms with van der Waals surface area (Å²) < 4.78 is 0. The Kier molecular flexibility index (Phi) is 4.70. The van der Waals surface area contributed by atoms with Gasteiger partial charge in [0, 0.05) is 12.6 Å². The van der Waals surface area contributed by atoms with Gasteiger partial charge in [0.1, 0.15) is 0 Å². The summed E-state index contributed by atoms with van der Waals surface area (Å²) >= 11 is 0. The molecule has 0 radical (unpaired) electrons. The van der Waals surface area contributed by atoms with E-state index in [-0.39, 0.29) is 0 Å². The Morgan fingerprint density at radius 3 is 2.54 bits per heavy atom. The molecule has 1 heterocycles. The smallest absolute Gasteiger partial charge is 0.0460 e. The first-order chi connectivity index (χ1) is 6.22. The summed E-state index contributed by atoms with van der Waals surface area (Å²) in [5.74, 6) is 0.548. The molecule has 1 aliphatic rings. The lowest BCUT2D eigenvalue weighted by molar-refractivity contribution is 0.129. The highest BCUT2D eigenvalue weighted by molar-refractivity contribution is 4.72. The molecule has 0 amide bonds. The van der Waals surface area contributed by atoms with E-state index in [1.165, 1.54) is 0 Å². The third-order valence-electron chi connectivity index (χ3n) is 2.87. The topological polar surface area (TPSA) is 49.5 Å². The number of nitrogens with two attached hydrogens (primary N) is 1. The standard InChI is InChI=1S/C10H22N2O/c1-9(11)2-5-12-6-3-10(8-13)4-7-12/h9-10,13H,2-8,11H2,1H3. The maximum absolute atomic E-state index is 8.96. The lowest BCUT2D eigenvalue weighted by atomic mass is 9.98. The predicted octanol–water partition coefficient (Wildman–Crippen LogP) is 0.428. The molecule has 1 unspecified atom stereocenters. The number of nitrogens with zero attached hydrogens (tertiary/aromatic N) is 1. The molecule has 1 atom stereocenters. The minimum Gasteiger partial charge on any atom is -0.396 e. The number of likely N-dealkylation sites (tertiary alicyclic amines) is 1. The van der Waals surface area contributed by atoms with Crippen molar-refractivity contribution in [1.82, 2.24) is 4.90 Å². The van der Waals surface area contributed by atoms with Gasteiger partial charge in [-0.15, -0.1) is 0 Å². The van der Waals surface area contributed by atoms with Crippen molar-refractivity contribution in [2.45, 2.75) is 32.2 Å². The van der Waals surface area contributed by atoms with Gasteiger partial charge in [0.25, 0.3) is 0 Å². The van der Waals surface area contributed by atoms with Crippen molar-refractivity contribution >= 4 is 0 Å². The first-order valence-electron chi connectivity index (χ1n) is 5.31. The van der Waals surface area contributed by atoms with Crippen molar-refractivity contribution in [3.8, 4) is 0 Å². The Labute approximate surface area is 80.9 Å². The number of piperidine rings is 1. The van der Waals surface area contributed by atoms with Crippen LogP contribution in [0, 0.1) is 5.92 Å². The molecule has 3 heteroatoms. The zero-order chi connectivity index (χ0) is 9.68. The number of hydrogen-bond donors (Lipinski definition) is 2. The van der Waals surface area contributed by atoms with Crippen molar-refractivity contribution < 1.29 is 5.11 Å². The van der Waals surface area contributed by atoms with E-state index in [9.17, 15) is 0 Å². The van der Waals surface area contributed by atoms with Gasteiger partial charge in [0.05, 0.1) is 0 Å². The molecule has 78 valence electrons. The van der Waals surface area contributed by atoms with Gasteiger partial charge in [-0.05, 0) is 51.7 Å². The Morgan fingerprint density at radius 1 is 1.46 bits per heavy atom. The Balaban J connectivity index is 2.10. The van der Waals surface area contributed by atoms with Crippen molar-refractivity contribution in [3.63, 3.8) is 0 Å².